The summed E-state index contributed by atoms with van der Waals surface area (Å²) < 4.78 is 1.11. The smallest absolute Gasteiger partial charge is 0.254 e. The van der Waals surface area contributed by atoms with Gasteiger partial charge in [0.2, 0.25) is 0 Å². The molecule has 1 aromatic carbocycles. The Balaban J connectivity index is 2.22. The fourth-order valence-corrected chi connectivity index (χ4v) is 3.44. The van der Waals surface area contributed by atoms with Gasteiger partial charge in [-0.15, -0.1) is 11.3 Å². The lowest BCUT2D eigenvalue weighted by atomic mass is 10.1. The Morgan fingerprint density at radius 3 is 2.68 bits per heavy atom. The molecule has 0 aliphatic rings. The third-order valence-electron chi connectivity index (χ3n) is 3.07. The zero-order chi connectivity index (χ0) is 14.0. The first-order valence-corrected chi connectivity index (χ1v) is 8.10. The van der Waals surface area contributed by atoms with Gasteiger partial charge in [0, 0.05) is 17.5 Å². The first kappa shape index (κ1) is 14.8. The molecule has 0 spiro atoms. The lowest BCUT2D eigenvalue weighted by molar-refractivity contribution is 0.0743. The molecule has 5 heteroatoms. The van der Waals surface area contributed by atoms with Crippen LogP contribution >= 0.6 is 45.5 Å². The number of thiophene rings is 1. The number of carbonyl (C=O) groups is 1. The van der Waals surface area contributed by atoms with E-state index in [1.54, 1.807) is 23.3 Å². The van der Waals surface area contributed by atoms with Crippen LogP contribution in [0.15, 0.2) is 35.7 Å². The Morgan fingerprint density at radius 1 is 1.42 bits per heavy atom. The van der Waals surface area contributed by atoms with Gasteiger partial charge in [-0.05, 0) is 47.2 Å². The summed E-state index contributed by atoms with van der Waals surface area (Å²) in [5.41, 5.74) is 1.70. The highest BCUT2D eigenvalue weighted by Crippen LogP contribution is 2.28. The molecule has 1 amide bonds. The summed E-state index contributed by atoms with van der Waals surface area (Å²) >= 11 is 9.97. The third-order valence-corrected chi connectivity index (χ3v) is 5.20. The topological polar surface area (TPSA) is 20.3 Å². The number of benzene rings is 1. The molecule has 0 bridgehead atoms. The Hall–Kier alpha value is -0.590. The van der Waals surface area contributed by atoms with Crippen molar-refractivity contribution >= 4 is 51.4 Å². The number of hydrogen-bond acceptors (Lipinski definition) is 2. The molecule has 0 fully saturated rings. The summed E-state index contributed by atoms with van der Waals surface area (Å²) in [7, 11) is 1.81. The predicted octanol–water partition coefficient (Wildman–Crippen LogP) is 4.84. The zero-order valence-electron chi connectivity index (χ0n) is 10.6. The lowest BCUT2D eigenvalue weighted by Crippen LogP contribution is -2.29. The van der Waals surface area contributed by atoms with Crippen LogP contribution in [0.1, 0.15) is 28.9 Å². The molecule has 0 saturated carbocycles. The molecule has 1 aromatic heterocycles. The Bertz CT molecular complexity index is 599. The molecule has 1 heterocycles. The lowest BCUT2D eigenvalue weighted by Gasteiger charge is -2.25. The minimum Gasteiger partial charge on any atom is -0.335 e. The van der Waals surface area contributed by atoms with E-state index >= 15 is 0 Å². The highest BCUT2D eigenvalue weighted by atomic mass is 127. The van der Waals surface area contributed by atoms with Crippen molar-refractivity contribution < 1.29 is 4.79 Å². The van der Waals surface area contributed by atoms with E-state index in [1.165, 1.54) is 0 Å². The maximum absolute atomic E-state index is 12.4. The van der Waals surface area contributed by atoms with E-state index < -0.39 is 0 Å². The maximum Gasteiger partial charge on any atom is 0.254 e. The average molecular weight is 406 g/mol. The summed E-state index contributed by atoms with van der Waals surface area (Å²) in [6, 6.07) is 9.47. The Labute approximate surface area is 135 Å². The van der Waals surface area contributed by atoms with Gasteiger partial charge in [-0.3, -0.25) is 4.79 Å². The molecule has 1 atom stereocenters. The van der Waals surface area contributed by atoms with Crippen molar-refractivity contribution in [2.75, 3.05) is 7.05 Å². The summed E-state index contributed by atoms with van der Waals surface area (Å²) in [6.45, 7) is 1.98. The molecule has 19 heavy (non-hydrogen) atoms. The SMILES string of the molecule is CC(c1ccccc1Cl)N(C)C(=O)c1csc(I)c1. The fourth-order valence-electron chi connectivity index (χ4n) is 1.82. The van der Waals surface area contributed by atoms with E-state index in [2.05, 4.69) is 22.6 Å². The predicted molar refractivity (Wildman–Crippen MR) is 89.0 cm³/mol. The van der Waals surface area contributed by atoms with E-state index in [0.717, 1.165) is 14.0 Å². The van der Waals surface area contributed by atoms with Gasteiger partial charge in [-0.2, -0.15) is 0 Å². The highest BCUT2D eigenvalue weighted by Gasteiger charge is 2.21. The second-order valence-corrected chi connectivity index (χ2v) is 7.47. The normalized spacial score (nSPS) is 12.2. The van der Waals surface area contributed by atoms with Gasteiger partial charge in [-0.1, -0.05) is 29.8 Å². The molecular formula is C14H13ClINOS. The molecule has 2 nitrogen and oxygen atoms in total. The van der Waals surface area contributed by atoms with Crippen LogP contribution in [0.2, 0.25) is 5.02 Å². The van der Waals surface area contributed by atoms with Gasteiger partial charge in [-0.25, -0.2) is 0 Å². The summed E-state index contributed by atoms with van der Waals surface area (Å²) in [5.74, 6) is 0.0200. The van der Waals surface area contributed by atoms with Crippen LogP contribution in [-0.2, 0) is 0 Å². The molecular weight excluding hydrogens is 393 g/mol. The first-order chi connectivity index (χ1) is 9.00. The summed E-state index contributed by atoms with van der Waals surface area (Å²) in [6.07, 6.45) is 0. The van der Waals surface area contributed by atoms with Crippen LogP contribution in [0.3, 0.4) is 0 Å². The standard InChI is InChI=1S/C14H13ClINOS/c1-9(11-5-3-4-6-12(11)15)17(2)14(18)10-7-13(16)19-8-10/h3-9H,1-2H3. The van der Waals surface area contributed by atoms with E-state index in [0.29, 0.717) is 5.02 Å². The monoisotopic (exact) mass is 405 g/mol. The van der Waals surface area contributed by atoms with Crippen molar-refractivity contribution in [2.24, 2.45) is 0 Å². The Kier molecular flexibility index (Phi) is 4.86. The van der Waals surface area contributed by atoms with Crippen molar-refractivity contribution in [3.05, 3.63) is 54.7 Å². The fraction of sp³-hybridized carbons (Fsp3) is 0.214. The number of carbonyl (C=O) groups excluding carboxylic acids is 1. The van der Waals surface area contributed by atoms with Crippen molar-refractivity contribution in [2.45, 2.75) is 13.0 Å². The summed E-state index contributed by atoms with van der Waals surface area (Å²) in [5, 5.41) is 2.58. The second kappa shape index (κ2) is 6.24. The van der Waals surface area contributed by atoms with E-state index in [1.807, 2.05) is 42.6 Å². The molecule has 0 saturated heterocycles. The van der Waals surface area contributed by atoms with Crippen molar-refractivity contribution in [3.63, 3.8) is 0 Å². The maximum atomic E-state index is 12.4. The minimum absolute atomic E-state index is 0.0200. The molecule has 100 valence electrons. The van der Waals surface area contributed by atoms with Gasteiger partial charge in [0.1, 0.15) is 0 Å². The largest absolute Gasteiger partial charge is 0.335 e. The van der Waals surface area contributed by atoms with E-state index in [4.69, 9.17) is 11.6 Å². The average Bonchev–Trinajstić information content (AvgIpc) is 2.83. The quantitative estimate of drug-likeness (QED) is 0.669. The number of nitrogens with zero attached hydrogens (tertiary/aromatic N) is 1. The van der Waals surface area contributed by atoms with Crippen molar-refractivity contribution in [1.29, 1.82) is 0 Å². The zero-order valence-corrected chi connectivity index (χ0v) is 14.3. The van der Waals surface area contributed by atoms with Crippen molar-refractivity contribution in [1.82, 2.24) is 4.90 Å². The number of hydrogen-bond donors (Lipinski definition) is 0. The van der Waals surface area contributed by atoms with Crippen LogP contribution in [0.4, 0.5) is 0 Å². The van der Waals surface area contributed by atoms with Gasteiger partial charge < -0.3 is 4.90 Å². The molecule has 0 radical (unpaired) electrons. The van der Waals surface area contributed by atoms with Crippen LogP contribution in [0.5, 0.6) is 0 Å². The molecule has 0 aliphatic heterocycles. The minimum atomic E-state index is -0.0567. The van der Waals surface area contributed by atoms with Crippen molar-refractivity contribution in [3.8, 4) is 0 Å². The summed E-state index contributed by atoms with van der Waals surface area (Å²) in [4.78, 5) is 14.1. The van der Waals surface area contributed by atoms with Crippen LogP contribution < -0.4 is 0 Å². The van der Waals surface area contributed by atoms with Crippen LogP contribution in [0, 0.1) is 2.88 Å². The molecule has 0 aliphatic carbocycles. The van der Waals surface area contributed by atoms with Gasteiger partial charge in [0.05, 0.1) is 14.5 Å². The first-order valence-electron chi connectivity index (χ1n) is 5.76. The van der Waals surface area contributed by atoms with Crippen LogP contribution in [0.25, 0.3) is 0 Å². The molecule has 0 N–H and O–H groups in total. The van der Waals surface area contributed by atoms with Gasteiger partial charge in [0.25, 0.3) is 5.91 Å². The second-order valence-electron chi connectivity index (χ2n) is 4.25. The Morgan fingerprint density at radius 2 is 2.11 bits per heavy atom. The number of rotatable bonds is 3. The molecule has 1 unspecified atom stereocenters. The molecule has 2 aromatic rings. The number of amides is 1. The van der Waals surface area contributed by atoms with E-state index in [9.17, 15) is 4.79 Å². The number of halogens is 2. The highest BCUT2D eigenvalue weighted by molar-refractivity contribution is 14.1. The van der Waals surface area contributed by atoms with Gasteiger partial charge >= 0.3 is 0 Å². The third kappa shape index (κ3) is 3.30. The van der Waals surface area contributed by atoms with E-state index in [-0.39, 0.29) is 11.9 Å². The van der Waals surface area contributed by atoms with Crippen LogP contribution in [-0.4, -0.2) is 17.9 Å². The van der Waals surface area contributed by atoms with Gasteiger partial charge in [0.15, 0.2) is 0 Å². The molecule has 2 rings (SSSR count).